The first-order chi connectivity index (χ1) is 10.2. The molecule has 3 N–H and O–H groups in total. The van der Waals surface area contributed by atoms with E-state index in [2.05, 4.69) is 28.1 Å². The summed E-state index contributed by atoms with van der Waals surface area (Å²) in [6.07, 6.45) is 4.75. The molecule has 1 heterocycles. The largest absolute Gasteiger partial charge is 0.347 e. The lowest BCUT2D eigenvalue weighted by molar-refractivity contribution is -0.123. The van der Waals surface area contributed by atoms with Crippen molar-refractivity contribution in [1.29, 1.82) is 0 Å². The summed E-state index contributed by atoms with van der Waals surface area (Å²) in [4.78, 5) is 23.5. The summed E-state index contributed by atoms with van der Waals surface area (Å²) in [6.45, 7) is 0.358. The van der Waals surface area contributed by atoms with Crippen LogP contribution in [0.4, 0.5) is 4.79 Å². The predicted molar refractivity (Wildman–Crippen MR) is 79.6 cm³/mol. The highest BCUT2D eigenvalue weighted by Crippen LogP contribution is 2.35. The molecule has 5 nitrogen and oxygen atoms in total. The predicted octanol–water partition coefficient (Wildman–Crippen LogP) is 1.72. The highest BCUT2D eigenvalue weighted by atomic mass is 16.2. The zero-order chi connectivity index (χ0) is 14.7. The van der Waals surface area contributed by atoms with E-state index in [1.54, 1.807) is 0 Å². The van der Waals surface area contributed by atoms with Gasteiger partial charge in [0.25, 0.3) is 0 Å². The number of amides is 3. The van der Waals surface area contributed by atoms with Crippen molar-refractivity contribution < 1.29 is 9.59 Å². The molecule has 112 valence electrons. The minimum absolute atomic E-state index is 0.0405. The number of carbonyl (C=O) groups is 2. The Labute approximate surface area is 124 Å². The third-order valence-electron chi connectivity index (χ3n) is 4.42. The molecule has 1 aromatic rings. The molecule has 2 fully saturated rings. The van der Waals surface area contributed by atoms with Gasteiger partial charge in [-0.25, -0.2) is 4.79 Å². The van der Waals surface area contributed by atoms with Gasteiger partial charge in [0.1, 0.15) is 6.04 Å². The van der Waals surface area contributed by atoms with Gasteiger partial charge in [-0.1, -0.05) is 43.2 Å². The van der Waals surface area contributed by atoms with Gasteiger partial charge in [0, 0.05) is 6.54 Å². The molecule has 5 heteroatoms. The third kappa shape index (κ3) is 3.17. The van der Waals surface area contributed by atoms with Crippen molar-refractivity contribution in [1.82, 2.24) is 16.0 Å². The van der Waals surface area contributed by atoms with Crippen LogP contribution in [-0.4, -0.2) is 24.5 Å². The Hall–Kier alpha value is -2.04. The fraction of sp³-hybridized carbons (Fsp3) is 0.500. The van der Waals surface area contributed by atoms with E-state index < -0.39 is 6.04 Å². The fourth-order valence-corrected chi connectivity index (χ4v) is 3.29. The summed E-state index contributed by atoms with van der Waals surface area (Å²) >= 11 is 0. The van der Waals surface area contributed by atoms with Crippen LogP contribution in [0.2, 0.25) is 0 Å². The van der Waals surface area contributed by atoms with Gasteiger partial charge >= 0.3 is 6.03 Å². The zero-order valence-corrected chi connectivity index (χ0v) is 12.0. The molecule has 1 saturated carbocycles. The zero-order valence-electron chi connectivity index (χ0n) is 12.0. The Morgan fingerprint density at radius 3 is 2.52 bits per heavy atom. The number of urea groups is 1. The normalized spacial score (nSPS) is 23.4. The smallest absolute Gasteiger partial charge is 0.315 e. The van der Waals surface area contributed by atoms with E-state index >= 15 is 0 Å². The first kappa shape index (κ1) is 13.9. The Kier molecular flexibility index (Phi) is 4.08. The maximum absolute atomic E-state index is 12.4. The number of nitrogens with one attached hydrogen (secondary N) is 3. The minimum atomic E-state index is -0.467. The minimum Gasteiger partial charge on any atom is -0.347 e. The topological polar surface area (TPSA) is 70.2 Å². The van der Waals surface area contributed by atoms with Gasteiger partial charge in [0.05, 0.1) is 6.04 Å². The van der Waals surface area contributed by atoms with Gasteiger partial charge in [-0.3, -0.25) is 4.79 Å². The van der Waals surface area contributed by atoms with Crippen LogP contribution in [0.3, 0.4) is 0 Å². The van der Waals surface area contributed by atoms with Crippen molar-refractivity contribution in [2.24, 2.45) is 5.92 Å². The van der Waals surface area contributed by atoms with Crippen LogP contribution in [0.15, 0.2) is 30.3 Å². The van der Waals surface area contributed by atoms with Gasteiger partial charge in [-0.15, -0.1) is 0 Å². The molecule has 2 aliphatic rings. The first-order valence-corrected chi connectivity index (χ1v) is 7.64. The maximum atomic E-state index is 12.4. The fourth-order valence-electron chi connectivity index (χ4n) is 3.29. The van der Waals surface area contributed by atoms with Crippen LogP contribution in [0.1, 0.15) is 37.3 Å². The molecule has 0 aromatic heterocycles. The lowest BCUT2D eigenvalue weighted by atomic mass is 9.91. The standard InChI is InChI=1S/C16H21N3O2/c20-15(13-10-17-16(21)18-13)19-14(12-8-4-5-9-12)11-6-2-1-3-7-11/h1-3,6-7,12-14H,4-5,8-10H2,(H,19,20)(H2,17,18,21). The summed E-state index contributed by atoms with van der Waals surface area (Å²) in [5.74, 6) is 0.385. The van der Waals surface area contributed by atoms with Gasteiger partial charge in [0.15, 0.2) is 0 Å². The summed E-state index contributed by atoms with van der Waals surface area (Å²) in [7, 11) is 0. The molecule has 21 heavy (non-hydrogen) atoms. The number of hydrogen-bond acceptors (Lipinski definition) is 2. The number of carbonyl (C=O) groups excluding carboxylic acids is 2. The summed E-state index contributed by atoms with van der Waals surface area (Å²) < 4.78 is 0. The van der Waals surface area contributed by atoms with Crippen molar-refractivity contribution >= 4 is 11.9 Å². The van der Waals surface area contributed by atoms with E-state index in [1.807, 2.05) is 18.2 Å². The molecule has 3 amide bonds. The van der Waals surface area contributed by atoms with Crippen LogP contribution in [0, 0.1) is 5.92 Å². The Morgan fingerprint density at radius 2 is 1.90 bits per heavy atom. The van der Waals surface area contributed by atoms with E-state index in [4.69, 9.17) is 0 Å². The average Bonchev–Trinajstić information content (AvgIpc) is 3.17. The summed E-state index contributed by atoms with van der Waals surface area (Å²) in [6, 6.07) is 9.42. The van der Waals surface area contributed by atoms with Gasteiger partial charge in [-0.05, 0) is 24.3 Å². The lowest BCUT2D eigenvalue weighted by Crippen LogP contribution is -2.45. The molecule has 3 rings (SSSR count). The van der Waals surface area contributed by atoms with Crippen molar-refractivity contribution in [3.05, 3.63) is 35.9 Å². The highest BCUT2D eigenvalue weighted by molar-refractivity contribution is 5.90. The SMILES string of the molecule is O=C1NCC(C(=O)NC(c2ccccc2)C2CCCC2)N1. The quantitative estimate of drug-likeness (QED) is 0.789. The monoisotopic (exact) mass is 287 g/mol. The number of rotatable bonds is 4. The molecular formula is C16H21N3O2. The number of hydrogen-bond donors (Lipinski definition) is 3. The second-order valence-corrected chi connectivity index (χ2v) is 5.85. The van der Waals surface area contributed by atoms with E-state index in [0.29, 0.717) is 12.5 Å². The second kappa shape index (κ2) is 6.16. The molecule has 1 aromatic carbocycles. The Bertz CT molecular complexity index is 512. The average molecular weight is 287 g/mol. The lowest BCUT2D eigenvalue weighted by Gasteiger charge is -2.26. The van der Waals surface area contributed by atoms with Crippen LogP contribution < -0.4 is 16.0 Å². The molecule has 2 unspecified atom stereocenters. The maximum Gasteiger partial charge on any atom is 0.315 e. The van der Waals surface area contributed by atoms with Crippen LogP contribution >= 0.6 is 0 Å². The van der Waals surface area contributed by atoms with Gasteiger partial charge in [0.2, 0.25) is 5.91 Å². The highest BCUT2D eigenvalue weighted by Gasteiger charge is 2.32. The second-order valence-electron chi connectivity index (χ2n) is 5.85. The van der Waals surface area contributed by atoms with E-state index in [1.165, 1.54) is 12.8 Å². The molecule has 0 spiro atoms. The summed E-state index contributed by atoms with van der Waals surface area (Å²) in [5.41, 5.74) is 1.15. The van der Waals surface area contributed by atoms with Crippen LogP contribution in [0.25, 0.3) is 0 Å². The van der Waals surface area contributed by atoms with Crippen LogP contribution in [-0.2, 0) is 4.79 Å². The third-order valence-corrected chi connectivity index (χ3v) is 4.42. The van der Waals surface area contributed by atoms with Crippen molar-refractivity contribution in [2.75, 3.05) is 6.54 Å². The van der Waals surface area contributed by atoms with Gasteiger partial charge < -0.3 is 16.0 Å². The first-order valence-electron chi connectivity index (χ1n) is 7.64. The van der Waals surface area contributed by atoms with E-state index in [0.717, 1.165) is 18.4 Å². The molecule has 0 radical (unpaired) electrons. The van der Waals surface area contributed by atoms with Crippen molar-refractivity contribution in [3.63, 3.8) is 0 Å². The van der Waals surface area contributed by atoms with Crippen LogP contribution in [0.5, 0.6) is 0 Å². The Morgan fingerprint density at radius 1 is 1.19 bits per heavy atom. The molecule has 1 saturated heterocycles. The van der Waals surface area contributed by atoms with Crippen molar-refractivity contribution in [3.8, 4) is 0 Å². The molecule has 1 aliphatic heterocycles. The Balaban J connectivity index is 1.73. The molecule has 1 aliphatic carbocycles. The van der Waals surface area contributed by atoms with E-state index in [9.17, 15) is 9.59 Å². The number of benzene rings is 1. The van der Waals surface area contributed by atoms with E-state index in [-0.39, 0.29) is 18.0 Å². The van der Waals surface area contributed by atoms with Gasteiger partial charge in [-0.2, -0.15) is 0 Å². The molecule has 2 atom stereocenters. The molecule has 0 bridgehead atoms. The molecular weight excluding hydrogens is 266 g/mol. The van der Waals surface area contributed by atoms with Crippen molar-refractivity contribution in [2.45, 2.75) is 37.8 Å². The summed E-state index contributed by atoms with van der Waals surface area (Å²) in [5, 5.41) is 8.41.